The first-order valence-electron chi connectivity index (χ1n) is 11.5. The van der Waals surface area contributed by atoms with E-state index in [-0.39, 0.29) is 18.0 Å². The minimum atomic E-state index is -0.816. The maximum atomic E-state index is 14.1. The largest absolute Gasteiger partial charge is 0.493 e. The van der Waals surface area contributed by atoms with Gasteiger partial charge in [0.2, 0.25) is 0 Å². The number of carbonyl (C=O) groups is 3. The summed E-state index contributed by atoms with van der Waals surface area (Å²) in [5.41, 5.74) is 2.38. The maximum Gasteiger partial charge on any atom is 0.335 e. The van der Waals surface area contributed by atoms with Gasteiger partial charge >= 0.3 is 6.03 Å². The molecule has 1 fully saturated rings. The summed E-state index contributed by atoms with van der Waals surface area (Å²) in [6.07, 6.45) is 3.44. The lowest BCUT2D eigenvalue weighted by Crippen LogP contribution is -2.54. The zero-order valence-corrected chi connectivity index (χ0v) is 20.4. The molecule has 7 nitrogen and oxygen atoms in total. The molecule has 1 aliphatic heterocycles. The third-order valence-electron chi connectivity index (χ3n) is 5.84. The maximum absolute atomic E-state index is 14.1. The van der Waals surface area contributed by atoms with E-state index in [1.54, 1.807) is 67.6 Å². The number of aryl methyl sites for hydroxylation is 1. The first-order chi connectivity index (χ1) is 17.8. The Kier molecular flexibility index (Phi) is 7.48. The van der Waals surface area contributed by atoms with E-state index >= 15 is 0 Å². The number of allylic oxidation sites excluding steroid dienone is 1. The van der Waals surface area contributed by atoms with Crippen molar-refractivity contribution in [3.8, 4) is 11.5 Å². The van der Waals surface area contributed by atoms with E-state index in [2.05, 4.69) is 11.9 Å². The Labute approximate surface area is 213 Å². The molecule has 0 aromatic heterocycles. The van der Waals surface area contributed by atoms with Crippen molar-refractivity contribution in [2.75, 3.05) is 12.0 Å². The first-order valence-corrected chi connectivity index (χ1v) is 11.5. The molecule has 4 amide bonds. The Morgan fingerprint density at radius 1 is 1.03 bits per heavy atom. The molecule has 37 heavy (non-hydrogen) atoms. The van der Waals surface area contributed by atoms with Gasteiger partial charge in [-0.3, -0.25) is 14.9 Å². The predicted octanol–water partition coefficient (Wildman–Crippen LogP) is 5.12. The van der Waals surface area contributed by atoms with Crippen LogP contribution in [0.2, 0.25) is 0 Å². The van der Waals surface area contributed by atoms with Gasteiger partial charge in [-0.25, -0.2) is 14.1 Å². The van der Waals surface area contributed by atoms with Gasteiger partial charge in [-0.1, -0.05) is 42.5 Å². The monoisotopic (exact) mass is 500 g/mol. The highest BCUT2D eigenvalue weighted by Gasteiger charge is 2.37. The summed E-state index contributed by atoms with van der Waals surface area (Å²) in [7, 11) is 1.46. The number of carbonyl (C=O) groups excluding carboxylic acids is 3. The fourth-order valence-electron chi connectivity index (χ4n) is 4.01. The summed E-state index contributed by atoms with van der Waals surface area (Å²) in [5, 5.41) is 2.23. The molecule has 3 aromatic rings. The highest BCUT2D eigenvalue weighted by Crippen LogP contribution is 2.35. The second kappa shape index (κ2) is 10.9. The third-order valence-corrected chi connectivity index (χ3v) is 5.84. The second-order valence-electron chi connectivity index (χ2n) is 8.33. The lowest BCUT2D eigenvalue weighted by atomic mass is 10.0. The number of rotatable bonds is 8. The van der Waals surface area contributed by atoms with Crippen LogP contribution in [0.1, 0.15) is 22.3 Å². The molecular formula is C29H25FN2O5. The molecule has 8 heteroatoms. The fourth-order valence-corrected chi connectivity index (χ4v) is 4.01. The van der Waals surface area contributed by atoms with Crippen LogP contribution in [0, 0.1) is 12.7 Å². The molecule has 1 aliphatic rings. The van der Waals surface area contributed by atoms with Crippen molar-refractivity contribution in [3.05, 3.63) is 107 Å². The number of halogens is 1. The average Bonchev–Trinajstić information content (AvgIpc) is 2.87. The summed E-state index contributed by atoms with van der Waals surface area (Å²) in [4.78, 5) is 39.4. The number of hydrogen-bond acceptors (Lipinski definition) is 5. The van der Waals surface area contributed by atoms with Crippen LogP contribution in [0.15, 0.2) is 78.9 Å². The summed E-state index contributed by atoms with van der Waals surface area (Å²) in [6, 6.07) is 15.7. The van der Waals surface area contributed by atoms with Gasteiger partial charge < -0.3 is 9.47 Å². The van der Waals surface area contributed by atoms with E-state index in [4.69, 9.17) is 9.47 Å². The lowest BCUT2D eigenvalue weighted by molar-refractivity contribution is -0.122. The Bertz CT molecular complexity index is 1430. The lowest BCUT2D eigenvalue weighted by Gasteiger charge is -2.27. The smallest absolute Gasteiger partial charge is 0.335 e. The number of urea groups is 1. The van der Waals surface area contributed by atoms with Crippen LogP contribution in [0.4, 0.5) is 14.9 Å². The molecule has 0 saturated carbocycles. The van der Waals surface area contributed by atoms with Crippen LogP contribution < -0.4 is 19.7 Å². The topological polar surface area (TPSA) is 84.9 Å². The van der Waals surface area contributed by atoms with E-state index in [0.717, 1.165) is 4.90 Å². The minimum Gasteiger partial charge on any atom is -0.493 e. The Morgan fingerprint density at radius 2 is 1.76 bits per heavy atom. The summed E-state index contributed by atoms with van der Waals surface area (Å²) < 4.78 is 25.6. The molecule has 0 radical (unpaired) electrons. The van der Waals surface area contributed by atoms with Crippen molar-refractivity contribution in [1.29, 1.82) is 0 Å². The highest BCUT2D eigenvalue weighted by molar-refractivity contribution is 6.39. The minimum absolute atomic E-state index is 0.0258. The Hall–Kier alpha value is -4.72. The molecule has 0 unspecified atom stereocenters. The summed E-state index contributed by atoms with van der Waals surface area (Å²) in [6.45, 7) is 5.52. The van der Waals surface area contributed by atoms with Crippen molar-refractivity contribution >= 4 is 29.6 Å². The number of methoxy groups -OCH3 is 1. The molecule has 0 aliphatic carbocycles. The molecule has 3 aromatic carbocycles. The van der Waals surface area contributed by atoms with Gasteiger partial charge in [0.25, 0.3) is 11.8 Å². The zero-order chi connectivity index (χ0) is 26.5. The van der Waals surface area contributed by atoms with Crippen LogP contribution in [-0.4, -0.2) is 25.0 Å². The molecule has 1 N–H and O–H groups in total. The van der Waals surface area contributed by atoms with Gasteiger partial charge in [-0.05, 0) is 54.8 Å². The number of nitrogens with zero attached hydrogens (tertiary/aromatic N) is 1. The normalized spacial score (nSPS) is 14.5. The summed E-state index contributed by atoms with van der Waals surface area (Å²) >= 11 is 0. The second-order valence-corrected chi connectivity index (χ2v) is 8.33. The third kappa shape index (κ3) is 5.28. The molecule has 1 saturated heterocycles. The molecule has 4 rings (SSSR count). The predicted molar refractivity (Wildman–Crippen MR) is 138 cm³/mol. The van der Waals surface area contributed by atoms with E-state index in [0.29, 0.717) is 45.9 Å². The number of anilines is 1. The van der Waals surface area contributed by atoms with E-state index in [9.17, 15) is 18.8 Å². The Morgan fingerprint density at radius 3 is 2.46 bits per heavy atom. The average molecular weight is 501 g/mol. The van der Waals surface area contributed by atoms with Crippen LogP contribution in [0.3, 0.4) is 0 Å². The van der Waals surface area contributed by atoms with E-state index < -0.39 is 17.8 Å². The van der Waals surface area contributed by atoms with Crippen LogP contribution >= 0.6 is 0 Å². The SMILES string of the molecule is C=CCc1cc(/C=C2\C(=O)NC(=O)N(c3ccccc3C)C2=O)cc(OC)c1OCc1ccccc1F. The number of barbiturate groups is 1. The van der Waals surface area contributed by atoms with Gasteiger partial charge in [-0.2, -0.15) is 0 Å². The molecule has 1 heterocycles. The standard InChI is InChI=1S/C29H25FN2O5/c1-4-9-20-14-19(16-25(36-3)26(20)37-17-21-11-6-7-12-23(21)30)15-22-27(33)31-29(35)32(28(22)34)24-13-8-5-10-18(24)2/h4-8,10-16H,1,9,17H2,2-3H3,(H,31,33,35)/b22-15+. The molecule has 188 valence electrons. The highest BCUT2D eigenvalue weighted by atomic mass is 19.1. The van der Waals surface area contributed by atoms with Crippen LogP contribution in [-0.2, 0) is 22.6 Å². The van der Waals surface area contributed by atoms with Gasteiger partial charge in [0, 0.05) is 11.1 Å². The Balaban J connectivity index is 1.72. The summed E-state index contributed by atoms with van der Waals surface area (Å²) in [5.74, 6) is -1.21. The van der Waals surface area contributed by atoms with Gasteiger partial charge in [0.15, 0.2) is 11.5 Å². The van der Waals surface area contributed by atoms with Gasteiger partial charge in [0.05, 0.1) is 12.8 Å². The first kappa shape index (κ1) is 25.4. The van der Waals surface area contributed by atoms with E-state index in [1.807, 2.05) is 0 Å². The number of ether oxygens (including phenoxy) is 2. The number of benzene rings is 3. The quantitative estimate of drug-likeness (QED) is 0.264. The van der Waals surface area contributed by atoms with Crippen LogP contribution in [0.5, 0.6) is 11.5 Å². The number of hydrogen-bond donors (Lipinski definition) is 1. The van der Waals surface area contributed by atoms with Crippen LogP contribution in [0.25, 0.3) is 6.08 Å². The number of para-hydroxylation sites is 1. The van der Waals surface area contributed by atoms with Crippen molar-refractivity contribution in [2.45, 2.75) is 20.0 Å². The fraction of sp³-hybridized carbons (Fsp3) is 0.138. The number of amides is 4. The molecule has 0 bridgehead atoms. The van der Waals surface area contributed by atoms with Crippen molar-refractivity contribution in [2.24, 2.45) is 0 Å². The number of imide groups is 2. The number of nitrogens with one attached hydrogen (secondary N) is 1. The van der Waals surface area contributed by atoms with Crippen molar-refractivity contribution in [1.82, 2.24) is 5.32 Å². The molecular weight excluding hydrogens is 475 g/mol. The van der Waals surface area contributed by atoms with Crippen molar-refractivity contribution in [3.63, 3.8) is 0 Å². The van der Waals surface area contributed by atoms with E-state index in [1.165, 1.54) is 19.3 Å². The zero-order valence-electron chi connectivity index (χ0n) is 20.4. The van der Waals surface area contributed by atoms with Gasteiger partial charge in [0.1, 0.15) is 18.0 Å². The van der Waals surface area contributed by atoms with Gasteiger partial charge in [-0.15, -0.1) is 6.58 Å². The molecule has 0 atom stereocenters. The molecule has 0 spiro atoms. The van der Waals surface area contributed by atoms with Crippen molar-refractivity contribution < 1.29 is 28.2 Å².